The van der Waals surface area contributed by atoms with Crippen LogP contribution < -0.4 is 15.0 Å². The second-order valence-electron chi connectivity index (χ2n) is 9.67. The van der Waals surface area contributed by atoms with E-state index in [-0.39, 0.29) is 12.1 Å². The molecule has 3 aromatic heterocycles. The summed E-state index contributed by atoms with van der Waals surface area (Å²) in [5, 5.41) is 4.25. The molecule has 0 radical (unpaired) electrons. The lowest BCUT2D eigenvalue weighted by molar-refractivity contribution is 0.482. The molecule has 194 valence electrons. The summed E-state index contributed by atoms with van der Waals surface area (Å²) >= 11 is 5.94. The van der Waals surface area contributed by atoms with Gasteiger partial charge in [0.15, 0.2) is 5.11 Å². The number of pyridine rings is 2. The average Bonchev–Trinajstić information content (AvgIpc) is 3.46. The predicted octanol–water partition coefficient (Wildman–Crippen LogP) is 6.91. The second kappa shape index (κ2) is 10.7. The van der Waals surface area contributed by atoms with Gasteiger partial charge in [0, 0.05) is 42.2 Å². The SMILES string of the molecule is Cc1cc(C2C(c3ccccn3)NC(=S)N2c2ccc(Oc3ccccc3)cc2)c(C)n1Cc1ccncc1. The van der Waals surface area contributed by atoms with Crippen molar-refractivity contribution >= 4 is 23.0 Å². The summed E-state index contributed by atoms with van der Waals surface area (Å²) < 4.78 is 8.39. The Hall–Kier alpha value is -4.49. The molecule has 0 aliphatic carbocycles. The van der Waals surface area contributed by atoms with Crippen LogP contribution in [0, 0.1) is 13.8 Å². The number of hydrogen-bond acceptors (Lipinski definition) is 4. The smallest absolute Gasteiger partial charge is 0.174 e. The van der Waals surface area contributed by atoms with Gasteiger partial charge >= 0.3 is 0 Å². The molecule has 2 unspecified atom stereocenters. The second-order valence-corrected chi connectivity index (χ2v) is 10.1. The third kappa shape index (κ3) is 5.01. The lowest BCUT2D eigenvalue weighted by Crippen LogP contribution is -2.29. The monoisotopic (exact) mass is 531 g/mol. The minimum atomic E-state index is -0.103. The van der Waals surface area contributed by atoms with Crippen molar-refractivity contribution in [3.05, 3.63) is 138 Å². The van der Waals surface area contributed by atoms with Crippen LogP contribution in [0.25, 0.3) is 0 Å². The third-order valence-corrected chi connectivity index (χ3v) is 7.53. The molecule has 1 N–H and O–H groups in total. The van der Waals surface area contributed by atoms with E-state index in [0.717, 1.165) is 29.4 Å². The van der Waals surface area contributed by atoms with Crippen molar-refractivity contribution in [1.82, 2.24) is 19.9 Å². The van der Waals surface area contributed by atoms with Gasteiger partial charge in [0.05, 0.1) is 17.8 Å². The largest absolute Gasteiger partial charge is 0.457 e. The van der Waals surface area contributed by atoms with Crippen LogP contribution >= 0.6 is 12.2 Å². The summed E-state index contributed by atoms with van der Waals surface area (Å²) in [6.07, 6.45) is 5.52. The molecule has 7 heteroatoms. The molecule has 6 rings (SSSR count). The highest BCUT2D eigenvalue weighted by Gasteiger charge is 2.42. The highest BCUT2D eigenvalue weighted by molar-refractivity contribution is 7.80. The Morgan fingerprint density at radius 3 is 2.28 bits per heavy atom. The van der Waals surface area contributed by atoms with Gasteiger partial charge in [-0.3, -0.25) is 9.97 Å². The molecule has 5 aromatic rings. The van der Waals surface area contributed by atoms with E-state index in [0.29, 0.717) is 5.11 Å². The molecule has 1 aliphatic heterocycles. The number of hydrogen-bond donors (Lipinski definition) is 1. The number of nitrogens with zero attached hydrogens (tertiary/aromatic N) is 4. The van der Waals surface area contributed by atoms with Gasteiger partial charge in [0.2, 0.25) is 0 Å². The first-order chi connectivity index (χ1) is 19.1. The van der Waals surface area contributed by atoms with Gasteiger partial charge in [-0.05, 0) is 104 Å². The molecule has 0 bridgehead atoms. The van der Waals surface area contributed by atoms with Gasteiger partial charge in [-0.25, -0.2) is 0 Å². The van der Waals surface area contributed by atoms with E-state index in [2.05, 4.69) is 70.0 Å². The first-order valence-electron chi connectivity index (χ1n) is 13.0. The number of benzene rings is 2. The van der Waals surface area contributed by atoms with Crippen LogP contribution in [0.5, 0.6) is 11.5 Å². The van der Waals surface area contributed by atoms with E-state index in [1.165, 1.54) is 22.5 Å². The maximum absolute atomic E-state index is 6.03. The maximum atomic E-state index is 6.03. The molecule has 2 atom stereocenters. The van der Waals surface area contributed by atoms with Crippen LogP contribution in [0.1, 0.15) is 40.3 Å². The maximum Gasteiger partial charge on any atom is 0.174 e. The van der Waals surface area contributed by atoms with Crippen molar-refractivity contribution in [2.45, 2.75) is 32.5 Å². The van der Waals surface area contributed by atoms with E-state index in [1.54, 1.807) is 0 Å². The molecule has 6 nitrogen and oxygen atoms in total. The fraction of sp³-hybridized carbons (Fsp3) is 0.156. The first kappa shape index (κ1) is 24.8. The summed E-state index contributed by atoms with van der Waals surface area (Å²) in [5.41, 5.74) is 6.78. The van der Waals surface area contributed by atoms with Crippen LogP contribution in [-0.4, -0.2) is 19.6 Å². The lowest BCUT2D eigenvalue weighted by atomic mass is 9.96. The van der Waals surface area contributed by atoms with E-state index in [1.807, 2.05) is 73.2 Å². The zero-order valence-electron chi connectivity index (χ0n) is 21.9. The molecule has 0 spiro atoms. The van der Waals surface area contributed by atoms with Gasteiger partial charge in [-0.15, -0.1) is 0 Å². The van der Waals surface area contributed by atoms with Gasteiger partial charge in [-0.1, -0.05) is 24.3 Å². The molecule has 0 saturated carbocycles. The summed E-state index contributed by atoms with van der Waals surface area (Å²) in [6.45, 7) is 5.13. The van der Waals surface area contributed by atoms with Gasteiger partial charge in [0.1, 0.15) is 11.5 Å². The normalized spacial score (nSPS) is 16.8. The zero-order valence-corrected chi connectivity index (χ0v) is 22.7. The third-order valence-electron chi connectivity index (χ3n) is 7.21. The van der Waals surface area contributed by atoms with E-state index in [9.17, 15) is 0 Å². The highest BCUT2D eigenvalue weighted by atomic mass is 32.1. The first-order valence-corrected chi connectivity index (χ1v) is 13.4. The molecular weight excluding hydrogens is 502 g/mol. The van der Waals surface area contributed by atoms with Crippen LogP contribution in [0.3, 0.4) is 0 Å². The number of rotatable bonds is 7. The molecule has 2 aromatic carbocycles. The Bertz CT molecular complexity index is 1570. The summed E-state index contributed by atoms with van der Waals surface area (Å²) in [5.74, 6) is 1.58. The van der Waals surface area contributed by atoms with Crippen LogP contribution in [0.4, 0.5) is 5.69 Å². The zero-order chi connectivity index (χ0) is 26.8. The quantitative estimate of drug-likeness (QED) is 0.230. The lowest BCUT2D eigenvalue weighted by Gasteiger charge is -2.28. The Kier molecular flexibility index (Phi) is 6.82. The molecule has 4 heterocycles. The highest BCUT2D eigenvalue weighted by Crippen LogP contribution is 2.43. The number of aryl methyl sites for hydroxylation is 1. The van der Waals surface area contributed by atoms with Crippen molar-refractivity contribution in [3.8, 4) is 11.5 Å². The fourth-order valence-corrected chi connectivity index (χ4v) is 5.64. The summed E-state index contributed by atoms with van der Waals surface area (Å²) in [6, 6.07) is 30.2. The molecular formula is C32H29N5OS. The van der Waals surface area contributed by atoms with Gasteiger partial charge in [0.25, 0.3) is 0 Å². The molecule has 1 fully saturated rings. The van der Waals surface area contributed by atoms with Crippen molar-refractivity contribution in [1.29, 1.82) is 0 Å². The number of ether oxygens (including phenoxy) is 1. The number of nitrogens with one attached hydrogen (secondary N) is 1. The Labute approximate surface area is 233 Å². The minimum Gasteiger partial charge on any atom is -0.457 e. The van der Waals surface area contributed by atoms with Crippen molar-refractivity contribution < 1.29 is 4.74 Å². The number of anilines is 1. The number of aromatic nitrogens is 3. The van der Waals surface area contributed by atoms with Crippen LogP contribution in [0.15, 0.2) is 110 Å². The standard InChI is InChI=1S/C32H29N5OS/c1-22-20-28(23(2)36(22)21-24-15-18-33-19-16-24)31-30(29-10-6-7-17-34-29)35-32(39)37(31)25-11-13-27(14-12-25)38-26-8-4-3-5-9-26/h3-20,30-31H,21H2,1-2H3,(H,35,39). The number of thiocarbonyl (C=S) groups is 1. The molecule has 39 heavy (non-hydrogen) atoms. The van der Waals surface area contributed by atoms with Crippen LogP contribution in [0.2, 0.25) is 0 Å². The van der Waals surface area contributed by atoms with Crippen molar-refractivity contribution in [2.75, 3.05) is 4.90 Å². The average molecular weight is 532 g/mol. The molecule has 1 saturated heterocycles. The topological polar surface area (TPSA) is 55.2 Å². The summed E-state index contributed by atoms with van der Waals surface area (Å²) in [4.78, 5) is 11.1. The molecule has 0 amide bonds. The molecule has 1 aliphatic rings. The van der Waals surface area contributed by atoms with Crippen LogP contribution in [-0.2, 0) is 6.54 Å². The Balaban J connectivity index is 1.38. The van der Waals surface area contributed by atoms with Crippen molar-refractivity contribution in [2.24, 2.45) is 0 Å². The van der Waals surface area contributed by atoms with Gasteiger partial charge < -0.3 is 19.5 Å². The van der Waals surface area contributed by atoms with E-state index in [4.69, 9.17) is 21.9 Å². The van der Waals surface area contributed by atoms with E-state index >= 15 is 0 Å². The van der Waals surface area contributed by atoms with Gasteiger partial charge in [-0.2, -0.15) is 0 Å². The minimum absolute atomic E-state index is 0.0781. The Morgan fingerprint density at radius 1 is 0.846 bits per heavy atom. The van der Waals surface area contributed by atoms with Crippen molar-refractivity contribution in [3.63, 3.8) is 0 Å². The Morgan fingerprint density at radius 2 is 1.56 bits per heavy atom. The summed E-state index contributed by atoms with van der Waals surface area (Å²) in [7, 11) is 0. The predicted molar refractivity (Wildman–Crippen MR) is 158 cm³/mol. The van der Waals surface area contributed by atoms with E-state index < -0.39 is 0 Å². The number of para-hydroxylation sites is 1. The fourth-order valence-electron chi connectivity index (χ4n) is 5.29.